The maximum Gasteiger partial charge on any atom is 0.251 e. The molecule has 3 heteroatoms. The first-order valence-corrected chi connectivity index (χ1v) is 8.68. The normalized spacial score (nSPS) is 13.7. The predicted molar refractivity (Wildman–Crippen MR) is 97.3 cm³/mol. The summed E-state index contributed by atoms with van der Waals surface area (Å²) in [6, 6.07) is 14.2. The van der Waals surface area contributed by atoms with Crippen LogP contribution in [0.25, 0.3) is 10.9 Å². The van der Waals surface area contributed by atoms with E-state index in [1.54, 1.807) is 0 Å². The van der Waals surface area contributed by atoms with E-state index in [1.807, 2.05) is 31.2 Å². The smallest absolute Gasteiger partial charge is 0.251 e. The summed E-state index contributed by atoms with van der Waals surface area (Å²) < 4.78 is 0. The Morgan fingerprint density at radius 1 is 1.12 bits per heavy atom. The third-order valence-corrected chi connectivity index (χ3v) is 5.01. The van der Waals surface area contributed by atoms with Crippen molar-refractivity contribution >= 4 is 16.8 Å². The van der Waals surface area contributed by atoms with Crippen LogP contribution in [0.15, 0.2) is 42.5 Å². The fraction of sp³-hybridized carbons (Fsp3) is 0.286. The van der Waals surface area contributed by atoms with Gasteiger partial charge >= 0.3 is 0 Å². The van der Waals surface area contributed by atoms with Crippen LogP contribution in [-0.4, -0.2) is 10.9 Å². The number of aromatic nitrogens is 1. The molecule has 1 aromatic heterocycles. The average Bonchev–Trinajstić information content (AvgIpc) is 2.98. The lowest BCUT2D eigenvalue weighted by molar-refractivity contribution is 0.0950. The number of hydrogen-bond donors (Lipinski definition) is 2. The number of aromatic amines is 1. The molecule has 0 unspecified atom stereocenters. The van der Waals surface area contributed by atoms with Crippen LogP contribution in [-0.2, 0) is 19.4 Å². The van der Waals surface area contributed by atoms with Crippen molar-refractivity contribution in [3.05, 3.63) is 70.4 Å². The Balaban J connectivity index is 1.55. The number of hydrogen-bond acceptors (Lipinski definition) is 1. The molecule has 2 N–H and O–H groups in total. The standard InChI is InChI=1S/C21H22N2O/c1-14-6-2-3-7-16(14)21(24)22-13-15-10-11-20-18(12-15)17-8-4-5-9-19(17)23-20/h2-3,6-7,10-12,23H,4-5,8-9,13H2,1H3,(H,22,24). The molecular weight excluding hydrogens is 296 g/mol. The van der Waals surface area contributed by atoms with Crippen molar-refractivity contribution in [3.63, 3.8) is 0 Å². The molecule has 0 saturated heterocycles. The summed E-state index contributed by atoms with van der Waals surface area (Å²) in [6.07, 6.45) is 4.87. The Bertz CT molecular complexity index is 907. The lowest BCUT2D eigenvalue weighted by atomic mass is 9.95. The maximum absolute atomic E-state index is 12.4. The number of benzene rings is 2. The Hall–Kier alpha value is -2.55. The zero-order chi connectivity index (χ0) is 16.5. The zero-order valence-electron chi connectivity index (χ0n) is 14.0. The molecule has 1 amide bonds. The van der Waals surface area contributed by atoms with E-state index in [1.165, 1.54) is 35.0 Å². The first-order valence-electron chi connectivity index (χ1n) is 8.68. The van der Waals surface area contributed by atoms with Crippen LogP contribution in [0, 0.1) is 6.92 Å². The van der Waals surface area contributed by atoms with Gasteiger partial charge < -0.3 is 10.3 Å². The summed E-state index contributed by atoms with van der Waals surface area (Å²) >= 11 is 0. The van der Waals surface area contributed by atoms with Crippen molar-refractivity contribution in [2.24, 2.45) is 0 Å². The highest BCUT2D eigenvalue weighted by molar-refractivity contribution is 5.95. The van der Waals surface area contributed by atoms with Crippen molar-refractivity contribution in [3.8, 4) is 0 Å². The van der Waals surface area contributed by atoms with Crippen LogP contribution < -0.4 is 5.32 Å². The molecule has 0 radical (unpaired) electrons. The Kier molecular flexibility index (Phi) is 3.85. The molecule has 4 rings (SSSR count). The third-order valence-electron chi connectivity index (χ3n) is 5.01. The molecule has 0 fully saturated rings. The second kappa shape index (κ2) is 6.16. The van der Waals surface area contributed by atoms with Crippen LogP contribution >= 0.6 is 0 Å². The van der Waals surface area contributed by atoms with Gasteiger partial charge in [-0.3, -0.25) is 4.79 Å². The Morgan fingerprint density at radius 2 is 1.96 bits per heavy atom. The maximum atomic E-state index is 12.4. The van der Waals surface area contributed by atoms with E-state index in [9.17, 15) is 4.79 Å². The lowest BCUT2D eigenvalue weighted by Crippen LogP contribution is -2.23. The van der Waals surface area contributed by atoms with Crippen molar-refractivity contribution < 1.29 is 4.79 Å². The highest BCUT2D eigenvalue weighted by atomic mass is 16.1. The Morgan fingerprint density at radius 3 is 2.83 bits per heavy atom. The number of carbonyl (C=O) groups is 1. The van der Waals surface area contributed by atoms with Gasteiger partial charge in [-0.1, -0.05) is 24.3 Å². The molecular formula is C21H22N2O. The number of nitrogens with one attached hydrogen (secondary N) is 2. The topological polar surface area (TPSA) is 44.9 Å². The first kappa shape index (κ1) is 15.0. The number of carbonyl (C=O) groups excluding carboxylic acids is 1. The van der Waals surface area contributed by atoms with Crippen molar-refractivity contribution in [2.45, 2.75) is 39.2 Å². The molecule has 24 heavy (non-hydrogen) atoms. The molecule has 0 aliphatic heterocycles. The lowest BCUT2D eigenvalue weighted by Gasteiger charge is -2.11. The molecule has 0 atom stereocenters. The first-order chi connectivity index (χ1) is 11.7. The minimum Gasteiger partial charge on any atom is -0.358 e. The van der Waals surface area contributed by atoms with Gasteiger partial charge in [0.25, 0.3) is 5.91 Å². The SMILES string of the molecule is Cc1ccccc1C(=O)NCc1ccc2[nH]c3c(c2c1)CCCC3. The largest absolute Gasteiger partial charge is 0.358 e. The van der Waals surface area contributed by atoms with E-state index in [0.717, 1.165) is 29.5 Å². The van der Waals surface area contributed by atoms with Crippen molar-refractivity contribution in [2.75, 3.05) is 0 Å². The van der Waals surface area contributed by atoms with Gasteiger partial charge in [-0.25, -0.2) is 0 Å². The molecule has 0 bridgehead atoms. The molecule has 3 nitrogen and oxygen atoms in total. The van der Waals surface area contributed by atoms with Gasteiger partial charge in [0, 0.05) is 28.7 Å². The number of rotatable bonds is 3. The van der Waals surface area contributed by atoms with Gasteiger partial charge in [-0.15, -0.1) is 0 Å². The van der Waals surface area contributed by atoms with E-state index in [2.05, 4.69) is 28.5 Å². The fourth-order valence-corrected chi connectivity index (χ4v) is 3.67. The summed E-state index contributed by atoms with van der Waals surface area (Å²) in [7, 11) is 0. The molecule has 1 aliphatic carbocycles. The van der Waals surface area contributed by atoms with E-state index in [-0.39, 0.29) is 5.91 Å². The van der Waals surface area contributed by atoms with Gasteiger partial charge in [0.05, 0.1) is 0 Å². The summed E-state index contributed by atoms with van der Waals surface area (Å²) in [6.45, 7) is 2.52. The van der Waals surface area contributed by atoms with E-state index in [0.29, 0.717) is 6.54 Å². The predicted octanol–water partition coefficient (Wildman–Crippen LogP) is 4.29. The van der Waals surface area contributed by atoms with Crippen LogP contribution in [0.1, 0.15) is 45.6 Å². The molecule has 122 valence electrons. The molecule has 0 spiro atoms. The van der Waals surface area contributed by atoms with Crippen molar-refractivity contribution in [1.82, 2.24) is 10.3 Å². The molecule has 0 saturated carbocycles. The number of fused-ring (bicyclic) bond motifs is 3. The van der Waals surface area contributed by atoms with Crippen LogP contribution in [0.3, 0.4) is 0 Å². The second-order valence-electron chi connectivity index (χ2n) is 6.67. The van der Waals surface area contributed by atoms with Crippen LogP contribution in [0.5, 0.6) is 0 Å². The Labute approximate surface area is 142 Å². The summed E-state index contributed by atoms with van der Waals surface area (Å²) in [5.41, 5.74) is 7.00. The molecule has 1 heterocycles. The third kappa shape index (κ3) is 2.71. The van der Waals surface area contributed by atoms with E-state index >= 15 is 0 Å². The second-order valence-corrected chi connectivity index (χ2v) is 6.67. The fourth-order valence-electron chi connectivity index (χ4n) is 3.67. The van der Waals surface area contributed by atoms with Crippen LogP contribution in [0.4, 0.5) is 0 Å². The molecule has 1 aliphatic rings. The number of aryl methyl sites for hydroxylation is 3. The van der Waals surface area contributed by atoms with E-state index in [4.69, 9.17) is 0 Å². The summed E-state index contributed by atoms with van der Waals surface area (Å²) in [5, 5.41) is 4.37. The zero-order valence-corrected chi connectivity index (χ0v) is 14.0. The minimum atomic E-state index is -0.00991. The van der Waals surface area contributed by atoms with Gasteiger partial charge in [-0.05, 0) is 67.5 Å². The average molecular weight is 318 g/mol. The van der Waals surface area contributed by atoms with Gasteiger partial charge in [0.15, 0.2) is 0 Å². The van der Waals surface area contributed by atoms with E-state index < -0.39 is 0 Å². The van der Waals surface area contributed by atoms with Gasteiger partial charge in [-0.2, -0.15) is 0 Å². The number of amides is 1. The summed E-state index contributed by atoms with van der Waals surface area (Å²) in [5.74, 6) is -0.00991. The van der Waals surface area contributed by atoms with Gasteiger partial charge in [0.1, 0.15) is 0 Å². The quantitative estimate of drug-likeness (QED) is 0.743. The van der Waals surface area contributed by atoms with Gasteiger partial charge in [0.2, 0.25) is 0 Å². The molecule has 2 aromatic carbocycles. The highest BCUT2D eigenvalue weighted by Gasteiger charge is 2.15. The summed E-state index contributed by atoms with van der Waals surface area (Å²) in [4.78, 5) is 15.9. The van der Waals surface area contributed by atoms with Crippen molar-refractivity contribution in [1.29, 1.82) is 0 Å². The molecule has 3 aromatic rings. The highest BCUT2D eigenvalue weighted by Crippen LogP contribution is 2.29. The monoisotopic (exact) mass is 318 g/mol. The number of H-pyrrole nitrogens is 1. The van der Waals surface area contributed by atoms with Crippen LogP contribution in [0.2, 0.25) is 0 Å². The minimum absolute atomic E-state index is 0.00991.